The van der Waals surface area contributed by atoms with Crippen LogP contribution in [0.1, 0.15) is 28.4 Å². The standard InChI is InChI=1S/C14H14N2O4/c1-19-13(17)8-12(10-2-5-15-6-3-10)16-14(18)11-4-7-20-9-11/h2-7,9,12H,8H2,1H3,(H,16,18). The molecule has 2 heterocycles. The third-order valence-corrected chi connectivity index (χ3v) is 2.80. The normalized spacial score (nSPS) is 11.7. The van der Waals surface area contributed by atoms with Crippen LogP contribution >= 0.6 is 0 Å². The molecule has 0 aliphatic rings. The number of pyridine rings is 1. The molecule has 0 radical (unpaired) electrons. The van der Waals surface area contributed by atoms with E-state index in [0.717, 1.165) is 5.56 Å². The molecule has 0 bridgehead atoms. The van der Waals surface area contributed by atoms with Crippen LogP contribution in [0.15, 0.2) is 47.5 Å². The first-order valence-corrected chi connectivity index (χ1v) is 6.00. The molecule has 0 aromatic carbocycles. The van der Waals surface area contributed by atoms with Crippen LogP contribution in [0.5, 0.6) is 0 Å². The van der Waals surface area contributed by atoms with E-state index in [1.165, 1.54) is 19.6 Å². The van der Waals surface area contributed by atoms with Crippen molar-refractivity contribution in [2.24, 2.45) is 0 Å². The molecule has 104 valence electrons. The highest BCUT2D eigenvalue weighted by Gasteiger charge is 2.20. The minimum absolute atomic E-state index is 0.0457. The van der Waals surface area contributed by atoms with Crippen LogP contribution in [0.25, 0.3) is 0 Å². The molecule has 1 atom stereocenters. The zero-order chi connectivity index (χ0) is 14.4. The smallest absolute Gasteiger partial charge is 0.307 e. The Kier molecular flexibility index (Phi) is 4.49. The number of ether oxygens (including phenoxy) is 1. The number of esters is 1. The zero-order valence-corrected chi connectivity index (χ0v) is 10.9. The molecule has 2 rings (SSSR count). The summed E-state index contributed by atoms with van der Waals surface area (Å²) in [7, 11) is 1.31. The average Bonchev–Trinajstić information content (AvgIpc) is 3.01. The van der Waals surface area contributed by atoms with Crippen molar-refractivity contribution < 1.29 is 18.7 Å². The molecule has 20 heavy (non-hydrogen) atoms. The van der Waals surface area contributed by atoms with Gasteiger partial charge in [-0.2, -0.15) is 0 Å². The molecule has 0 aliphatic heterocycles. The minimum Gasteiger partial charge on any atom is -0.472 e. The highest BCUT2D eigenvalue weighted by molar-refractivity contribution is 5.94. The van der Waals surface area contributed by atoms with Gasteiger partial charge in [0.15, 0.2) is 0 Å². The van der Waals surface area contributed by atoms with Crippen molar-refractivity contribution in [2.75, 3.05) is 7.11 Å². The van der Waals surface area contributed by atoms with E-state index in [4.69, 9.17) is 4.42 Å². The maximum absolute atomic E-state index is 12.0. The molecule has 0 fully saturated rings. The predicted molar refractivity (Wildman–Crippen MR) is 69.8 cm³/mol. The van der Waals surface area contributed by atoms with Crippen LogP contribution in [0.2, 0.25) is 0 Å². The maximum Gasteiger partial charge on any atom is 0.307 e. The summed E-state index contributed by atoms with van der Waals surface area (Å²) in [6.45, 7) is 0. The number of methoxy groups -OCH3 is 1. The van der Waals surface area contributed by atoms with Gasteiger partial charge in [0.2, 0.25) is 0 Å². The Morgan fingerprint density at radius 1 is 1.35 bits per heavy atom. The van der Waals surface area contributed by atoms with Crippen LogP contribution in [0, 0.1) is 0 Å². The first-order valence-electron chi connectivity index (χ1n) is 6.00. The lowest BCUT2D eigenvalue weighted by molar-refractivity contribution is -0.141. The minimum atomic E-state index is -0.479. The van der Waals surface area contributed by atoms with Gasteiger partial charge in [-0.1, -0.05) is 0 Å². The number of nitrogens with one attached hydrogen (secondary N) is 1. The third kappa shape index (κ3) is 3.44. The van der Waals surface area contributed by atoms with Gasteiger partial charge in [0, 0.05) is 12.4 Å². The quantitative estimate of drug-likeness (QED) is 0.839. The Balaban J connectivity index is 2.14. The first kappa shape index (κ1) is 13.8. The second-order valence-electron chi connectivity index (χ2n) is 4.10. The average molecular weight is 274 g/mol. The third-order valence-electron chi connectivity index (χ3n) is 2.80. The van der Waals surface area contributed by atoms with Crippen molar-refractivity contribution in [1.82, 2.24) is 10.3 Å². The van der Waals surface area contributed by atoms with E-state index in [1.807, 2.05) is 0 Å². The van der Waals surface area contributed by atoms with Crippen molar-refractivity contribution in [3.05, 3.63) is 54.2 Å². The molecule has 2 aromatic heterocycles. The lowest BCUT2D eigenvalue weighted by atomic mass is 10.0. The monoisotopic (exact) mass is 274 g/mol. The summed E-state index contributed by atoms with van der Waals surface area (Å²) in [5.41, 5.74) is 1.18. The SMILES string of the molecule is COC(=O)CC(NC(=O)c1ccoc1)c1ccncc1. The second kappa shape index (κ2) is 6.51. The number of amides is 1. The molecule has 0 aliphatic carbocycles. The van der Waals surface area contributed by atoms with Gasteiger partial charge in [-0.3, -0.25) is 14.6 Å². The molecule has 1 N–H and O–H groups in total. The summed E-state index contributed by atoms with van der Waals surface area (Å²) in [6, 6.07) is 4.55. The Hall–Kier alpha value is -2.63. The van der Waals surface area contributed by atoms with E-state index in [1.54, 1.807) is 30.6 Å². The Morgan fingerprint density at radius 2 is 2.10 bits per heavy atom. The fraction of sp³-hybridized carbons (Fsp3) is 0.214. The number of rotatable bonds is 5. The van der Waals surface area contributed by atoms with Crippen molar-refractivity contribution in [3.63, 3.8) is 0 Å². The predicted octanol–water partition coefficient (Wildman–Crippen LogP) is 1.71. The van der Waals surface area contributed by atoms with E-state index in [-0.39, 0.29) is 12.3 Å². The van der Waals surface area contributed by atoms with Gasteiger partial charge < -0.3 is 14.5 Å². The molecule has 1 amide bonds. The van der Waals surface area contributed by atoms with Crippen molar-refractivity contribution in [3.8, 4) is 0 Å². The highest BCUT2D eigenvalue weighted by Crippen LogP contribution is 2.17. The van der Waals surface area contributed by atoms with E-state index in [9.17, 15) is 9.59 Å². The largest absolute Gasteiger partial charge is 0.472 e. The van der Waals surface area contributed by atoms with Crippen molar-refractivity contribution in [1.29, 1.82) is 0 Å². The lowest BCUT2D eigenvalue weighted by Gasteiger charge is -2.17. The van der Waals surface area contributed by atoms with Gasteiger partial charge in [-0.05, 0) is 23.8 Å². The van der Waals surface area contributed by atoms with Crippen molar-refractivity contribution >= 4 is 11.9 Å². The number of carbonyl (C=O) groups excluding carboxylic acids is 2. The maximum atomic E-state index is 12.0. The van der Waals surface area contributed by atoms with Crippen LogP contribution < -0.4 is 5.32 Å². The van der Waals surface area contributed by atoms with E-state index >= 15 is 0 Å². The highest BCUT2D eigenvalue weighted by atomic mass is 16.5. The molecule has 6 nitrogen and oxygen atoms in total. The first-order chi connectivity index (χ1) is 9.70. The van der Waals surface area contributed by atoms with Crippen LogP contribution in [0.4, 0.5) is 0 Å². The fourth-order valence-corrected chi connectivity index (χ4v) is 1.73. The van der Waals surface area contributed by atoms with Gasteiger partial charge in [-0.15, -0.1) is 0 Å². The molecule has 2 aromatic rings. The molecular formula is C14H14N2O4. The number of furan rings is 1. The number of hydrogen-bond donors (Lipinski definition) is 1. The van der Waals surface area contributed by atoms with Gasteiger partial charge >= 0.3 is 5.97 Å². The second-order valence-corrected chi connectivity index (χ2v) is 4.10. The fourth-order valence-electron chi connectivity index (χ4n) is 1.73. The lowest BCUT2D eigenvalue weighted by Crippen LogP contribution is -2.30. The van der Waals surface area contributed by atoms with Crippen LogP contribution in [0.3, 0.4) is 0 Å². The summed E-state index contributed by atoms with van der Waals surface area (Å²) in [5, 5.41) is 2.77. The Bertz CT molecular complexity index is 566. The molecule has 0 spiro atoms. The van der Waals surface area contributed by atoms with Gasteiger partial charge in [0.25, 0.3) is 5.91 Å². The number of aromatic nitrogens is 1. The molecule has 6 heteroatoms. The van der Waals surface area contributed by atoms with Crippen LogP contribution in [-0.2, 0) is 9.53 Å². The molecule has 0 saturated carbocycles. The number of hydrogen-bond acceptors (Lipinski definition) is 5. The Labute approximate surface area is 115 Å². The van der Waals surface area contributed by atoms with Crippen molar-refractivity contribution in [2.45, 2.75) is 12.5 Å². The molecule has 0 saturated heterocycles. The summed E-state index contributed by atoms with van der Waals surface area (Å²) < 4.78 is 9.51. The number of nitrogens with zero attached hydrogens (tertiary/aromatic N) is 1. The zero-order valence-electron chi connectivity index (χ0n) is 10.9. The van der Waals surface area contributed by atoms with Crippen LogP contribution in [-0.4, -0.2) is 24.0 Å². The summed E-state index contributed by atoms with van der Waals surface area (Å²) >= 11 is 0. The molecule has 1 unspecified atom stereocenters. The summed E-state index contributed by atoms with van der Waals surface area (Å²) in [4.78, 5) is 27.4. The Morgan fingerprint density at radius 3 is 2.70 bits per heavy atom. The van der Waals surface area contributed by atoms with E-state index in [0.29, 0.717) is 5.56 Å². The van der Waals surface area contributed by atoms with Gasteiger partial charge in [0.05, 0.1) is 31.4 Å². The summed E-state index contributed by atoms with van der Waals surface area (Å²) in [6.07, 6.45) is 6.01. The number of carbonyl (C=O) groups is 2. The summed E-state index contributed by atoms with van der Waals surface area (Å²) in [5.74, 6) is -0.719. The van der Waals surface area contributed by atoms with Gasteiger partial charge in [0.1, 0.15) is 6.26 Å². The van der Waals surface area contributed by atoms with E-state index < -0.39 is 12.0 Å². The van der Waals surface area contributed by atoms with Gasteiger partial charge in [-0.25, -0.2) is 0 Å². The topological polar surface area (TPSA) is 81.4 Å². The molecular weight excluding hydrogens is 260 g/mol. The van der Waals surface area contributed by atoms with E-state index in [2.05, 4.69) is 15.0 Å².